The molecule has 200 valence electrons. The highest BCUT2D eigenvalue weighted by Crippen LogP contribution is 2.20. The molecule has 37 heavy (non-hydrogen) atoms. The predicted octanol–water partition coefficient (Wildman–Crippen LogP) is 1.27. The van der Waals surface area contributed by atoms with Crippen molar-refractivity contribution < 1.29 is 48.3 Å². The first-order chi connectivity index (χ1) is 17.9. The molecule has 1 aliphatic heterocycles. The normalized spacial score (nSPS) is 21.9. The monoisotopic (exact) mass is 537 g/mol. The van der Waals surface area contributed by atoms with Gasteiger partial charge in [0, 0.05) is 0 Å². The van der Waals surface area contributed by atoms with Crippen LogP contribution in [0.1, 0.15) is 11.1 Å². The zero-order chi connectivity index (χ0) is 26.6. The fourth-order valence-electron chi connectivity index (χ4n) is 3.31. The number of benzene rings is 2. The zero-order valence-electron chi connectivity index (χ0n) is 19.7. The van der Waals surface area contributed by atoms with E-state index in [2.05, 4.69) is 5.32 Å². The second-order valence-corrected chi connectivity index (χ2v) is 8.30. The maximum atomic E-state index is 12.8. The SMILES string of the molecule is O=C(CCl)O[C@@H]1CO[C@@H](OC[C@H](NC(=O)OCc2ccccc2)C(=O)OCc2ccccc2)[C@H](O)[C@H]1O. The van der Waals surface area contributed by atoms with E-state index < -0.39 is 61.2 Å². The molecule has 11 nitrogen and oxygen atoms in total. The van der Waals surface area contributed by atoms with Gasteiger partial charge in [0.1, 0.15) is 31.3 Å². The Morgan fingerprint density at radius 2 is 1.54 bits per heavy atom. The molecule has 0 saturated carbocycles. The van der Waals surface area contributed by atoms with Gasteiger partial charge in [-0.1, -0.05) is 60.7 Å². The molecule has 0 bridgehead atoms. The molecule has 0 aliphatic carbocycles. The minimum absolute atomic E-state index is 0.0294. The first-order valence-electron chi connectivity index (χ1n) is 11.4. The first-order valence-corrected chi connectivity index (χ1v) is 11.9. The Bertz CT molecular complexity index is 1010. The van der Waals surface area contributed by atoms with Crippen LogP contribution in [0.2, 0.25) is 0 Å². The van der Waals surface area contributed by atoms with Crippen LogP contribution < -0.4 is 5.32 Å². The standard InChI is InChI=1S/C25H28ClNO10/c26-11-20(28)37-19-15-35-24(22(30)21(19)29)34-14-18(23(31)33-12-16-7-3-1-4-8-16)27-25(32)36-13-17-9-5-2-6-10-17/h1-10,18-19,21-22,24,29-30H,11-15H2,(H,27,32)/t18-,19+,21-,22+,24+/m0/s1. The Morgan fingerprint density at radius 3 is 2.14 bits per heavy atom. The van der Waals surface area contributed by atoms with Gasteiger partial charge in [-0.25, -0.2) is 9.59 Å². The van der Waals surface area contributed by atoms with Gasteiger partial charge in [-0.15, -0.1) is 11.6 Å². The zero-order valence-corrected chi connectivity index (χ0v) is 20.5. The highest BCUT2D eigenvalue weighted by molar-refractivity contribution is 6.26. The number of nitrogens with one attached hydrogen (secondary N) is 1. The maximum absolute atomic E-state index is 12.8. The van der Waals surface area contributed by atoms with E-state index >= 15 is 0 Å². The number of hydrogen-bond acceptors (Lipinski definition) is 10. The molecule has 2 aromatic carbocycles. The molecule has 0 spiro atoms. The van der Waals surface area contributed by atoms with Crippen LogP contribution in [0.4, 0.5) is 4.79 Å². The number of rotatable bonds is 11. The number of carbonyl (C=O) groups is 3. The van der Waals surface area contributed by atoms with Crippen LogP contribution in [0.25, 0.3) is 0 Å². The average molecular weight is 538 g/mol. The summed E-state index contributed by atoms with van der Waals surface area (Å²) >= 11 is 5.39. The van der Waals surface area contributed by atoms with Crippen LogP contribution in [0, 0.1) is 0 Å². The number of carbonyl (C=O) groups excluding carboxylic acids is 3. The van der Waals surface area contributed by atoms with Gasteiger partial charge >= 0.3 is 18.0 Å². The summed E-state index contributed by atoms with van der Waals surface area (Å²) in [6.07, 6.45) is -6.58. The summed E-state index contributed by atoms with van der Waals surface area (Å²) < 4.78 is 26.2. The number of aliphatic hydroxyl groups excluding tert-OH is 2. The molecule has 3 rings (SSSR count). The fourth-order valence-corrected chi connectivity index (χ4v) is 3.38. The predicted molar refractivity (Wildman–Crippen MR) is 128 cm³/mol. The van der Waals surface area contributed by atoms with Crippen molar-refractivity contribution in [2.24, 2.45) is 0 Å². The summed E-state index contributed by atoms with van der Waals surface area (Å²) in [4.78, 5) is 36.5. The van der Waals surface area contributed by atoms with Gasteiger partial charge in [-0.2, -0.15) is 0 Å². The number of alkyl halides is 1. The molecule has 0 radical (unpaired) electrons. The third-order valence-corrected chi connectivity index (χ3v) is 5.49. The number of esters is 2. The number of amides is 1. The van der Waals surface area contributed by atoms with Crippen molar-refractivity contribution in [3.05, 3.63) is 71.8 Å². The summed E-state index contributed by atoms with van der Waals surface area (Å²) in [6.45, 7) is -0.847. The minimum atomic E-state index is -1.62. The van der Waals surface area contributed by atoms with Crippen LogP contribution >= 0.6 is 11.6 Å². The van der Waals surface area contributed by atoms with Crippen molar-refractivity contribution in [1.82, 2.24) is 5.32 Å². The number of hydrogen-bond donors (Lipinski definition) is 3. The molecular weight excluding hydrogens is 510 g/mol. The van der Waals surface area contributed by atoms with Crippen LogP contribution in [0.5, 0.6) is 0 Å². The van der Waals surface area contributed by atoms with Crippen molar-refractivity contribution in [2.75, 3.05) is 19.1 Å². The Labute approximate surface area is 218 Å². The summed E-state index contributed by atoms with van der Waals surface area (Å²) in [5.41, 5.74) is 1.48. The van der Waals surface area contributed by atoms with Crippen molar-refractivity contribution in [2.45, 2.75) is 43.9 Å². The highest BCUT2D eigenvalue weighted by atomic mass is 35.5. The maximum Gasteiger partial charge on any atom is 0.408 e. The van der Waals surface area contributed by atoms with Crippen LogP contribution in [-0.4, -0.2) is 78.0 Å². The second-order valence-electron chi connectivity index (χ2n) is 8.03. The summed E-state index contributed by atoms with van der Waals surface area (Å²) in [6, 6.07) is 16.5. The molecule has 1 fully saturated rings. The van der Waals surface area contributed by atoms with E-state index in [-0.39, 0.29) is 19.8 Å². The Hall–Kier alpha value is -3.22. The lowest BCUT2D eigenvalue weighted by Crippen LogP contribution is -2.56. The molecule has 0 aromatic heterocycles. The van der Waals surface area contributed by atoms with E-state index in [0.717, 1.165) is 11.1 Å². The molecule has 1 heterocycles. The van der Waals surface area contributed by atoms with Crippen molar-refractivity contribution in [3.63, 3.8) is 0 Å². The molecule has 0 unspecified atom stereocenters. The molecule has 12 heteroatoms. The summed E-state index contributed by atoms with van der Waals surface area (Å²) in [5.74, 6) is -2.04. The lowest BCUT2D eigenvalue weighted by molar-refractivity contribution is -0.274. The number of aliphatic hydroxyl groups is 2. The topological polar surface area (TPSA) is 150 Å². The Morgan fingerprint density at radius 1 is 0.946 bits per heavy atom. The summed E-state index contributed by atoms with van der Waals surface area (Å²) in [5, 5.41) is 23.0. The van der Waals surface area contributed by atoms with E-state index in [0.29, 0.717) is 0 Å². The minimum Gasteiger partial charge on any atom is -0.459 e. The van der Waals surface area contributed by atoms with Crippen molar-refractivity contribution >= 4 is 29.6 Å². The Balaban J connectivity index is 1.58. The van der Waals surface area contributed by atoms with E-state index in [1.165, 1.54) is 0 Å². The van der Waals surface area contributed by atoms with Gasteiger partial charge in [0.15, 0.2) is 18.4 Å². The number of alkyl carbamates (subject to hydrolysis) is 1. The van der Waals surface area contributed by atoms with E-state index in [9.17, 15) is 24.6 Å². The van der Waals surface area contributed by atoms with Crippen molar-refractivity contribution in [1.29, 1.82) is 0 Å². The average Bonchev–Trinajstić information content (AvgIpc) is 2.93. The first kappa shape index (κ1) is 28.4. The lowest BCUT2D eigenvalue weighted by atomic mass is 10.1. The molecule has 1 amide bonds. The molecule has 2 aromatic rings. The van der Waals surface area contributed by atoms with Crippen LogP contribution in [-0.2, 0) is 46.5 Å². The third kappa shape index (κ3) is 8.99. The molecular formula is C25H28ClNO10. The smallest absolute Gasteiger partial charge is 0.408 e. The number of ether oxygens (including phenoxy) is 5. The van der Waals surface area contributed by atoms with Crippen LogP contribution in [0.3, 0.4) is 0 Å². The van der Waals surface area contributed by atoms with Gasteiger partial charge < -0.3 is 39.2 Å². The van der Waals surface area contributed by atoms with E-state index in [1.807, 2.05) is 12.1 Å². The van der Waals surface area contributed by atoms with Gasteiger partial charge in [-0.05, 0) is 11.1 Å². The fraction of sp³-hybridized carbons (Fsp3) is 0.400. The number of halogens is 1. The molecule has 5 atom stereocenters. The quantitative estimate of drug-likeness (QED) is 0.217. The van der Waals surface area contributed by atoms with Gasteiger partial charge in [0.25, 0.3) is 0 Å². The molecule has 3 N–H and O–H groups in total. The van der Waals surface area contributed by atoms with Gasteiger partial charge in [-0.3, -0.25) is 4.79 Å². The highest BCUT2D eigenvalue weighted by Gasteiger charge is 2.41. The van der Waals surface area contributed by atoms with Gasteiger partial charge in [0.2, 0.25) is 0 Å². The van der Waals surface area contributed by atoms with E-state index in [4.69, 9.17) is 35.3 Å². The summed E-state index contributed by atoms with van der Waals surface area (Å²) in [7, 11) is 0. The largest absolute Gasteiger partial charge is 0.459 e. The Kier molecular flexibility index (Phi) is 11.1. The van der Waals surface area contributed by atoms with Crippen molar-refractivity contribution in [3.8, 4) is 0 Å². The molecule has 1 aliphatic rings. The second kappa shape index (κ2) is 14.5. The third-order valence-electron chi connectivity index (χ3n) is 5.27. The lowest BCUT2D eigenvalue weighted by Gasteiger charge is -2.37. The molecule has 1 saturated heterocycles. The van der Waals surface area contributed by atoms with Crippen LogP contribution in [0.15, 0.2) is 60.7 Å². The van der Waals surface area contributed by atoms with Gasteiger partial charge in [0.05, 0.1) is 13.2 Å². The van der Waals surface area contributed by atoms with E-state index in [1.54, 1.807) is 48.5 Å².